The summed E-state index contributed by atoms with van der Waals surface area (Å²) in [7, 11) is 0. The fourth-order valence-corrected chi connectivity index (χ4v) is 3.70. The van der Waals surface area contributed by atoms with Crippen LogP contribution in [0.4, 0.5) is 5.69 Å². The van der Waals surface area contributed by atoms with Crippen LogP contribution in [0.5, 0.6) is 0 Å². The van der Waals surface area contributed by atoms with Gasteiger partial charge in [0, 0.05) is 22.1 Å². The van der Waals surface area contributed by atoms with Gasteiger partial charge in [-0.05, 0) is 47.5 Å². The number of nitrogens with two attached hydrogens (primary N) is 1. The smallest absolute Gasteiger partial charge is 0.0541 e. The van der Waals surface area contributed by atoms with Crippen LogP contribution < -0.4 is 5.73 Å². The molecule has 0 amide bonds. The lowest BCUT2D eigenvalue weighted by Crippen LogP contribution is -1.94. The molecule has 0 spiro atoms. The van der Waals surface area contributed by atoms with Crippen molar-refractivity contribution < 1.29 is 0 Å². The summed E-state index contributed by atoms with van der Waals surface area (Å²) in [5.41, 5.74) is 12.6. The van der Waals surface area contributed by atoms with Gasteiger partial charge in [0.05, 0.1) is 11.0 Å². The summed E-state index contributed by atoms with van der Waals surface area (Å²) in [5.74, 6) is 0. The van der Waals surface area contributed by atoms with E-state index >= 15 is 0 Å². The topological polar surface area (TPSA) is 30.9 Å². The molecule has 1 aromatic heterocycles. The van der Waals surface area contributed by atoms with Gasteiger partial charge in [0.1, 0.15) is 0 Å². The first kappa shape index (κ1) is 14.8. The molecule has 1 heterocycles. The lowest BCUT2D eigenvalue weighted by Gasteiger charge is -2.10. The van der Waals surface area contributed by atoms with Crippen LogP contribution in [0.1, 0.15) is 0 Å². The van der Waals surface area contributed by atoms with E-state index in [1.165, 1.54) is 32.9 Å². The highest BCUT2D eigenvalue weighted by Crippen LogP contribution is 2.33. The average Bonchev–Trinajstić information content (AvgIpc) is 3.03. The molecule has 2 N–H and O–H groups in total. The predicted octanol–water partition coefficient (Wildman–Crippen LogP) is 6.03. The molecule has 26 heavy (non-hydrogen) atoms. The monoisotopic (exact) mass is 334 g/mol. The zero-order valence-electron chi connectivity index (χ0n) is 14.3. The van der Waals surface area contributed by atoms with Crippen molar-refractivity contribution in [1.82, 2.24) is 4.57 Å². The molecule has 0 saturated heterocycles. The maximum absolute atomic E-state index is 5.83. The Balaban J connectivity index is 1.78. The highest BCUT2D eigenvalue weighted by Gasteiger charge is 2.11. The molecule has 0 atom stereocenters. The van der Waals surface area contributed by atoms with Gasteiger partial charge >= 0.3 is 0 Å². The summed E-state index contributed by atoms with van der Waals surface area (Å²) >= 11 is 0. The number of aromatic nitrogens is 1. The van der Waals surface area contributed by atoms with Crippen LogP contribution in [0.25, 0.3) is 38.6 Å². The van der Waals surface area contributed by atoms with Gasteiger partial charge in [-0.25, -0.2) is 0 Å². The van der Waals surface area contributed by atoms with E-state index in [-0.39, 0.29) is 0 Å². The van der Waals surface area contributed by atoms with Crippen molar-refractivity contribution in [1.29, 1.82) is 0 Å². The summed E-state index contributed by atoms with van der Waals surface area (Å²) in [6, 6.07) is 33.9. The van der Waals surface area contributed by atoms with E-state index in [9.17, 15) is 0 Å². The van der Waals surface area contributed by atoms with Crippen molar-refractivity contribution in [2.24, 2.45) is 0 Å². The quantitative estimate of drug-likeness (QED) is 0.392. The Kier molecular flexibility index (Phi) is 3.29. The minimum Gasteiger partial charge on any atom is -0.399 e. The molecule has 0 radical (unpaired) electrons. The van der Waals surface area contributed by atoms with Crippen LogP contribution in [0.3, 0.4) is 0 Å². The van der Waals surface area contributed by atoms with Crippen molar-refractivity contribution >= 4 is 27.5 Å². The fraction of sp³-hybridized carbons (Fsp3) is 0. The Bertz CT molecular complexity index is 1180. The average molecular weight is 334 g/mol. The molecular weight excluding hydrogens is 316 g/mol. The van der Waals surface area contributed by atoms with Gasteiger partial charge in [0.25, 0.3) is 0 Å². The highest BCUT2D eigenvalue weighted by atomic mass is 15.0. The Morgan fingerprint density at radius 2 is 1.15 bits per heavy atom. The van der Waals surface area contributed by atoms with Crippen LogP contribution in [0, 0.1) is 0 Å². The first-order valence-electron chi connectivity index (χ1n) is 8.76. The number of rotatable bonds is 2. The van der Waals surface area contributed by atoms with Crippen molar-refractivity contribution in [3.8, 4) is 16.8 Å². The first-order valence-corrected chi connectivity index (χ1v) is 8.76. The SMILES string of the molecule is Nc1ccc(-c2cccc(-n3c4ccccc4c4ccccc43)c2)cc1. The van der Waals surface area contributed by atoms with Crippen molar-refractivity contribution in [2.45, 2.75) is 0 Å². The van der Waals surface area contributed by atoms with E-state index in [1.54, 1.807) is 0 Å². The van der Waals surface area contributed by atoms with E-state index in [1.807, 2.05) is 12.1 Å². The van der Waals surface area contributed by atoms with Crippen molar-refractivity contribution in [3.63, 3.8) is 0 Å². The maximum Gasteiger partial charge on any atom is 0.0541 e. The number of para-hydroxylation sites is 2. The second kappa shape index (κ2) is 5.78. The summed E-state index contributed by atoms with van der Waals surface area (Å²) in [6.07, 6.45) is 0. The van der Waals surface area contributed by atoms with Gasteiger partial charge in [-0.3, -0.25) is 0 Å². The summed E-state index contributed by atoms with van der Waals surface area (Å²) < 4.78 is 2.34. The number of benzene rings is 4. The highest BCUT2D eigenvalue weighted by molar-refractivity contribution is 6.09. The Labute approximate surface area is 152 Å². The van der Waals surface area contributed by atoms with Gasteiger partial charge in [0.15, 0.2) is 0 Å². The fourth-order valence-electron chi connectivity index (χ4n) is 3.70. The van der Waals surface area contributed by atoms with Crippen LogP contribution in [-0.2, 0) is 0 Å². The molecule has 0 unspecified atom stereocenters. The second-order valence-electron chi connectivity index (χ2n) is 6.54. The molecular formula is C24H18N2. The van der Waals surface area contributed by atoms with Crippen LogP contribution in [0.2, 0.25) is 0 Å². The first-order chi connectivity index (χ1) is 12.8. The number of hydrogen-bond donors (Lipinski definition) is 1. The van der Waals surface area contributed by atoms with Gasteiger partial charge < -0.3 is 10.3 Å². The third kappa shape index (κ3) is 2.27. The number of nitrogen functional groups attached to an aromatic ring is 1. The minimum absolute atomic E-state index is 0.785. The normalized spacial score (nSPS) is 11.2. The van der Waals surface area contributed by atoms with Gasteiger partial charge in [0.2, 0.25) is 0 Å². The minimum atomic E-state index is 0.785. The Morgan fingerprint density at radius 1 is 0.538 bits per heavy atom. The van der Waals surface area contributed by atoms with E-state index < -0.39 is 0 Å². The van der Waals surface area contributed by atoms with Crippen molar-refractivity contribution in [3.05, 3.63) is 97.1 Å². The van der Waals surface area contributed by atoms with E-state index in [0.717, 1.165) is 11.4 Å². The number of fused-ring (bicyclic) bond motifs is 3. The predicted molar refractivity (Wildman–Crippen MR) is 111 cm³/mol. The molecule has 0 saturated carbocycles. The molecule has 5 aromatic rings. The molecule has 2 heteroatoms. The number of hydrogen-bond acceptors (Lipinski definition) is 1. The van der Waals surface area contributed by atoms with Crippen LogP contribution in [-0.4, -0.2) is 4.57 Å². The van der Waals surface area contributed by atoms with Crippen LogP contribution >= 0.6 is 0 Å². The molecule has 0 fully saturated rings. The van der Waals surface area contributed by atoms with Crippen LogP contribution in [0.15, 0.2) is 97.1 Å². The standard InChI is InChI=1S/C24H18N2/c25-19-14-12-17(13-15-19)18-6-5-7-20(16-18)26-23-10-3-1-8-21(23)22-9-2-4-11-24(22)26/h1-16H,25H2. The Morgan fingerprint density at radius 3 is 1.81 bits per heavy atom. The second-order valence-corrected chi connectivity index (χ2v) is 6.54. The molecule has 5 rings (SSSR count). The zero-order valence-corrected chi connectivity index (χ0v) is 14.3. The van der Waals surface area contributed by atoms with Gasteiger partial charge in [-0.15, -0.1) is 0 Å². The molecule has 0 aliphatic rings. The lowest BCUT2D eigenvalue weighted by atomic mass is 10.0. The summed E-state index contributed by atoms with van der Waals surface area (Å²) in [5, 5.41) is 2.56. The largest absolute Gasteiger partial charge is 0.399 e. The van der Waals surface area contributed by atoms with Gasteiger partial charge in [-0.2, -0.15) is 0 Å². The number of nitrogens with zero attached hydrogens (tertiary/aromatic N) is 1. The molecule has 0 aliphatic heterocycles. The van der Waals surface area contributed by atoms with E-state index in [0.29, 0.717) is 0 Å². The molecule has 4 aromatic carbocycles. The van der Waals surface area contributed by atoms with Gasteiger partial charge in [-0.1, -0.05) is 60.7 Å². The molecule has 0 bridgehead atoms. The number of anilines is 1. The Hall–Kier alpha value is -3.52. The summed E-state index contributed by atoms with van der Waals surface area (Å²) in [6.45, 7) is 0. The molecule has 0 aliphatic carbocycles. The third-order valence-corrected chi connectivity index (χ3v) is 4.93. The van der Waals surface area contributed by atoms with Crippen molar-refractivity contribution in [2.75, 3.05) is 5.73 Å². The zero-order chi connectivity index (χ0) is 17.5. The van der Waals surface area contributed by atoms with E-state index in [2.05, 4.69) is 89.5 Å². The summed E-state index contributed by atoms with van der Waals surface area (Å²) in [4.78, 5) is 0. The molecule has 2 nitrogen and oxygen atoms in total. The third-order valence-electron chi connectivity index (χ3n) is 4.93. The lowest BCUT2D eigenvalue weighted by molar-refractivity contribution is 1.18. The van der Waals surface area contributed by atoms with E-state index in [4.69, 9.17) is 5.73 Å². The maximum atomic E-state index is 5.83. The molecule has 124 valence electrons.